The standard InChI is InChI=1S/C23H28F3N7O3S.ClH/c1-4-19(18-11-20-28-21(14(2)12-33(20)29-18)32-10-9-15(27)13-32)31(3)22(34)16-7-5-6-8-17(16)30-37(35,36)23(24,25)26;/h5-8,11-12,15,19,30H,4,9-10,13,27H2,1-3H3;1H/t15-,19-;/m0./s1. The molecule has 1 aliphatic rings. The van der Waals surface area contributed by atoms with Gasteiger partial charge in [-0.05, 0) is 31.9 Å². The van der Waals surface area contributed by atoms with E-state index in [4.69, 9.17) is 10.7 Å². The van der Waals surface area contributed by atoms with Crippen LogP contribution in [0.1, 0.15) is 47.4 Å². The number of sulfonamides is 1. The summed E-state index contributed by atoms with van der Waals surface area (Å²) in [6.45, 7) is 5.28. The lowest BCUT2D eigenvalue weighted by Crippen LogP contribution is -2.34. The van der Waals surface area contributed by atoms with Crippen LogP contribution in [0.25, 0.3) is 5.65 Å². The molecule has 1 aliphatic heterocycles. The molecule has 10 nitrogen and oxygen atoms in total. The van der Waals surface area contributed by atoms with Crippen molar-refractivity contribution >= 4 is 45.5 Å². The minimum absolute atomic E-state index is 0. The van der Waals surface area contributed by atoms with Gasteiger partial charge in [0.25, 0.3) is 5.91 Å². The highest BCUT2D eigenvalue weighted by Gasteiger charge is 2.46. The maximum Gasteiger partial charge on any atom is 0.516 e. The first-order valence-corrected chi connectivity index (χ1v) is 13.1. The van der Waals surface area contributed by atoms with E-state index < -0.39 is 33.2 Å². The monoisotopic (exact) mass is 575 g/mol. The number of alkyl halides is 3. The molecule has 0 unspecified atom stereocenters. The van der Waals surface area contributed by atoms with E-state index in [-0.39, 0.29) is 24.0 Å². The predicted molar refractivity (Wildman–Crippen MR) is 140 cm³/mol. The number of para-hydroxylation sites is 1. The van der Waals surface area contributed by atoms with Gasteiger partial charge in [-0.25, -0.2) is 9.50 Å². The molecule has 1 amide bonds. The third-order valence-electron chi connectivity index (χ3n) is 6.37. The number of benzene rings is 1. The molecule has 1 aromatic carbocycles. The van der Waals surface area contributed by atoms with Crippen molar-refractivity contribution in [3.63, 3.8) is 0 Å². The summed E-state index contributed by atoms with van der Waals surface area (Å²) >= 11 is 0. The zero-order valence-electron chi connectivity index (χ0n) is 20.9. The minimum Gasteiger partial charge on any atom is -0.355 e. The molecule has 38 heavy (non-hydrogen) atoms. The van der Waals surface area contributed by atoms with Crippen LogP contribution in [0.15, 0.2) is 36.5 Å². The first-order chi connectivity index (χ1) is 17.3. The average molecular weight is 576 g/mol. The van der Waals surface area contributed by atoms with Crippen molar-refractivity contribution in [1.29, 1.82) is 0 Å². The molecule has 208 valence electrons. The maximum atomic E-state index is 13.3. The Morgan fingerprint density at radius 2 is 2.00 bits per heavy atom. The third-order valence-corrected chi connectivity index (χ3v) is 7.47. The van der Waals surface area contributed by atoms with Crippen molar-refractivity contribution in [2.45, 2.75) is 44.3 Å². The molecule has 3 heterocycles. The van der Waals surface area contributed by atoms with Crippen LogP contribution in [0.3, 0.4) is 0 Å². The van der Waals surface area contributed by atoms with E-state index in [1.807, 2.05) is 20.0 Å². The number of nitrogens with zero attached hydrogens (tertiary/aromatic N) is 5. The van der Waals surface area contributed by atoms with Gasteiger partial charge >= 0.3 is 15.5 Å². The summed E-state index contributed by atoms with van der Waals surface area (Å²) in [4.78, 5) is 21.5. The van der Waals surface area contributed by atoms with Gasteiger partial charge in [0, 0.05) is 44.0 Å². The van der Waals surface area contributed by atoms with Crippen LogP contribution in [0, 0.1) is 6.92 Å². The summed E-state index contributed by atoms with van der Waals surface area (Å²) in [5.74, 6) is 0.149. The number of aromatic nitrogens is 3. The van der Waals surface area contributed by atoms with Gasteiger partial charge in [0.2, 0.25) is 0 Å². The number of anilines is 2. The number of carbonyl (C=O) groups is 1. The van der Waals surface area contributed by atoms with Gasteiger partial charge in [0.1, 0.15) is 5.82 Å². The van der Waals surface area contributed by atoms with E-state index in [0.29, 0.717) is 24.3 Å². The first-order valence-electron chi connectivity index (χ1n) is 11.6. The molecule has 0 aliphatic carbocycles. The van der Waals surface area contributed by atoms with Crippen LogP contribution in [-0.2, 0) is 10.0 Å². The normalized spacial score (nSPS) is 16.8. The molecule has 2 atom stereocenters. The van der Waals surface area contributed by atoms with Crippen molar-refractivity contribution in [1.82, 2.24) is 19.5 Å². The number of fused-ring (bicyclic) bond motifs is 1. The van der Waals surface area contributed by atoms with Crippen LogP contribution in [0.4, 0.5) is 24.7 Å². The lowest BCUT2D eigenvalue weighted by Gasteiger charge is -2.27. The molecule has 1 saturated heterocycles. The molecule has 2 aromatic heterocycles. The van der Waals surface area contributed by atoms with Crippen molar-refractivity contribution < 1.29 is 26.4 Å². The summed E-state index contributed by atoms with van der Waals surface area (Å²) in [5, 5.41) is 4.60. The number of nitrogens with two attached hydrogens (primary N) is 1. The van der Waals surface area contributed by atoms with Crippen LogP contribution in [0.2, 0.25) is 0 Å². The molecule has 3 N–H and O–H groups in total. The molecule has 1 fully saturated rings. The van der Waals surface area contributed by atoms with E-state index in [0.717, 1.165) is 30.4 Å². The SMILES string of the molecule is CC[C@@H](c1cc2nc(N3CC[C@H](N)C3)c(C)cn2n1)N(C)C(=O)c1ccccc1NS(=O)(=O)C(F)(F)F.Cl. The Bertz CT molecular complexity index is 1430. The van der Waals surface area contributed by atoms with Crippen molar-refractivity contribution in [2.75, 3.05) is 29.8 Å². The topological polar surface area (TPSA) is 126 Å². The van der Waals surface area contributed by atoms with Gasteiger partial charge in [-0.1, -0.05) is 19.1 Å². The number of aryl methyl sites for hydroxylation is 1. The van der Waals surface area contributed by atoms with Crippen molar-refractivity contribution in [3.8, 4) is 0 Å². The lowest BCUT2D eigenvalue weighted by atomic mass is 10.1. The highest BCUT2D eigenvalue weighted by molar-refractivity contribution is 7.93. The smallest absolute Gasteiger partial charge is 0.355 e. The Kier molecular flexibility index (Phi) is 8.48. The fraction of sp³-hybridized carbons (Fsp3) is 0.435. The molecule has 4 rings (SSSR count). The largest absolute Gasteiger partial charge is 0.516 e. The van der Waals surface area contributed by atoms with E-state index in [1.165, 1.54) is 34.9 Å². The van der Waals surface area contributed by atoms with Gasteiger partial charge in [-0.15, -0.1) is 12.4 Å². The van der Waals surface area contributed by atoms with Crippen molar-refractivity contribution in [2.24, 2.45) is 5.73 Å². The molecule has 15 heteroatoms. The first kappa shape index (κ1) is 29.5. The molecular formula is C23H29ClF3N7O3S. The Morgan fingerprint density at radius 1 is 1.32 bits per heavy atom. The van der Waals surface area contributed by atoms with E-state index >= 15 is 0 Å². The molecule has 0 spiro atoms. The fourth-order valence-corrected chi connectivity index (χ4v) is 5.04. The Labute approximate surface area is 224 Å². The number of hydrogen-bond acceptors (Lipinski definition) is 7. The highest BCUT2D eigenvalue weighted by atomic mass is 35.5. The van der Waals surface area contributed by atoms with Gasteiger partial charge in [-0.3, -0.25) is 9.52 Å². The number of amides is 1. The Hall–Kier alpha value is -3.10. The molecule has 0 radical (unpaired) electrons. The summed E-state index contributed by atoms with van der Waals surface area (Å²) in [5.41, 5.74) is 1.86. The van der Waals surface area contributed by atoms with E-state index in [9.17, 15) is 26.4 Å². The number of carbonyl (C=O) groups excluding carboxylic acids is 1. The number of nitrogens with one attached hydrogen (secondary N) is 1. The van der Waals surface area contributed by atoms with Crippen LogP contribution < -0.4 is 15.4 Å². The summed E-state index contributed by atoms with van der Waals surface area (Å²) in [6.07, 6.45) is 3.17. The van der Waals surface area contributed by atoms with Gasteiger partial charge in [0.15, 0.2) is 5.65 Å². The number of halogens is 4. The van der Waals surface area contributed by atoms with Gasteiger partial charge < -0.3 is 15.5 Å². The fourth-order valence-electron chi connectivity index (χ4n) is 4.46. The maximum absolute atomic E-state index is 13.3. The Balaban J connectivity index is 0.00000400. The number of rotatable bonds is 7. The average Bonchev–Trinajstić information content (AvgIpc) is 3.43. The zero-order chi connectivity index (χ0) is 27.1. The summed E-state index contributed by atoms with van der Waals surface area (Å²) < 4.78 is 65.2. The highest BCUT2D eigenvalue weighted by Crippen LogP contribution is 2.30. The van der Waals surface area contributed by atoms with Crippen LogP contribution in [0.5, 0.6) is 0 Å². The summed E-state index contributed by atoms with van der Waals surface area (Å²) in [6, 6.07) is 6.45. The molecule has 3 aromatic rings. The van der Waals surface area contributed by atoms with Crippen LogP contribution >= 0.6 is 12.4 Å². The lowest BCUT2D eigenvalue weighted by molar-refractivity contribution is -0.0429. The van der Waals surface area contributed by atoms with E-state index in [2.05, 4.69) is 10.00 Å². The second-order valence-electron chi connectivity index (χ2n) is 9.05. The quantitative estimate of drug-likeness (QED) is 0.442. The zero-order valence-corrected chi connectivity index (χ0v) is 22.6. The third kappa shape index (κ3) is 5.66. The van der Waals surface area contributed by atoms with Crippen molar-refractivity contribution in [3.05, 3.63) is 53.3 Å². The molecule has 0 saturated carbocycles. The second-order valence-corrected chi connectivity index (χ2v) is 10.7. The van der Waals surface area contributed by atoms with Crippen LogP contribution in [-0.4, -0.2) is 65.5 Å². The second kappa shape index (κ2) is 10.9. The summed E-state index contributed by atoms with van der Waals surface area (Å²) in [7, 11) is -4.21. The minimum atomic E-state index is -5.70. The van der Waals surface area contributed by atoms with Gasteiger partial charge in [0.05, 0.1) is 23.0 Å². The Morgan fingerprint density at radius 3 is 2.61 bits per heavy atom. The predicted octanol–water partition coefficient (Wildman–Crippen LogP) is 3.48. The molecule has 0 bridgehead atoms. The van der Waals surface area contributed by atoms with E-state index in [1.54, 1.807) is 10.6 Å². The molecular weight excluding hydrogens is 547 g/mol. The number of hydrogen-bond donors (Lipinski definition) is 2. The van der Waals surface area contributed by atoms with Gasteiger partial charge in [-0.2, -0.15) is 26.7 Å².